The summed E-state index contributed by atoms with van der Waals surface area (Å²) in [4.78, 5) is 37.3. The van der Waals surface area contributed by atoms with Crippen LogP contribution < -0.4 is 15.0 Å². The molecule has 1 heterocycles. The second kappa shape index (κ2) is 9.03. The first-order valence-electron chi connectivity index (χ1n) is 9.04. The van der Waals surface area contributed by atoms with Crippen molar-refractivity contribution >= 4 is 29.2 Å². The van der Waals surface area contributed by atoms with Crippen LogP contribution in [0.5, 0.6) is 5.75 Å². The van der Waals surface area contributed by atoms with Crippen LogP contribution in [-0.2, 0) is 25.5 Å². The zero-order chi connectivity index (χ0) is 19.9. The lowest BCUT2D eigenvalue weighted by Gasteiger charge is -2.30. The van der Waals surface area contributed by atoms with Gasteiger partial charge in [0.1, 0.15) is 5.75 Å². The fourth-order valence-electron chi connectivity index (χ4n) is 2.95. The number of hydrogen-bond acceptors (Lipinski definition) is 5. The maximum absolute atomic E-state index is 12.4. The fourth-order valence-corrected chi connectivity index (χ4v) is 2.95. The van der Waals surface area contributed by atoms with Gasteiger partial charge in [0, 0.05) is 18.7 Å². The predicted molar refractivity (Wildman–Crippen MR) is 104 cm³/mol. The van der Waals surface area contributed by atoms with Gasteiger partial charge in [0.15, 0.2) is 6.61 Å². The van der Waals surface area contributed by atoms with E-state index in [1.165, 1.54) is 7.11 Å². The average molecular weight is 382 g/mol. The molecule has 7 heteroatoms. The SMILES string of the molecule is COC(=O)CCC(=O)Nc1ccc2c(c1)N(CCc1ccccc1)C(=O)CO2. The third-order valence-corrected chi connectivity index (χ3v) is 4.44. The van der Waals surface area contributed by atoms with Crippen molar-refractivity contribution in [1.29, 1.82) is 0 Å². The van der Waals surface area contributed by atoms with Gasteiger partial charge < -0.3 is 19.7 Å². The Balaban J connectivity index is 1.70. The third-order valence-electron chi connectivity index (χ3n) is 4.44. The lowest BCUT2D eigenvalue weighted by molar-refractivity contribution is -0.141. The maximum Gasteiger partial charge on any atom is 0.306 e. The van der Waals surface area contributed by atoms with Crippen LogP contribution in [0.3, 0.4) is 0 Å². The number of esters is 1. The van der Waals surface area contributed by atoms with Gasteiger partial charge >= 0.3 is 5.97 Å². The summed E-state index contributed by atoms with van der Waals surface area (Å²) < 4.78 is 10.0. The van der Waals surface area contributed by atoms with Crippen LogP contribution >= 0.6 is 0 Å². The van der Waals surface area contributed by atoms with Crippen LogP contribution in [0, 0.1) is 0 Å². The molecular formula is C21H22N2O5. The van der Waals surface area contributed by atoms with E-state index in [2.05, 4.69) is 10.1 Å². The molecule has 0 aliphatic carbocycles. The number of benzene rings is 2. The van der Waals surface area contributed by atoms with E-state index in [0.29, 0.717) is 30.1 Å². The lowest BCUT2D eigenvalue weighted by atomic mass is 10.1. The van der Waals surface area contributed by atoms with Crippen LogP contribution in [0.4, 0.5) is 11.4 Å². The van der Waals surface area contributed by atoms with Crippen LogP contribution in [-0.4, -0.2) is 38.0 Å². The molecule has 1 aliphatic rings. The molecule has 146 valence electrons. The van der Waals surface area contributed by atoms with E-state index in [0.717, 1.165) is 5.56 Å². The molecule has 0 saturated heterocycles. The van der Waals surface area contributed by atoms with Crippen LogP contribution in [0.15, 0.2) is 48.5 Å². The van der Waals surface area contributed by atoms with E-state index in [4.69, 9.17) is 4.74 Å². The van der Waals surface area contributed by atoms with Gasteiger partial charge in [-0.3, -0.25) is 14.4 Å². The number of rotatable bonds is 7. The molecule has 0 saturated carbocycles. The summed E-state index contributed by atoms with van der Waals surface area (Å²) in [6.45, 7) is 0.506. The fraction of sp³-hybridized carbons (Fsp3) is 0.286. The van der Waals surface area contributed by atoms with Crippen molar-refractivity contribution in [3.05, 3.63) is 54.1 Å². The molecule has 1 aliphatic heterocycles. The Bertz CT molecular complexity index is 866. The molecule has 7 nitrogen and oxygen atoms in total. The average Bonchev–Trinajstić information content (AvgIpc) is 2.72. The molecule has 0 radical (unpaired) electrons. The molecule has 1 N–H and O–H groups in total. The number of anilines is 2. The number of carbonyl (C=O) groups is 3. The molecule has 28 heavy (non-hydrogen) atoms. The first-order valence-corrected chi connectivity index (χ1v) is 9.04. The Kier molecular flexibility index (Phi) is 6.26. The molecule has 0 fully saturated rings. The maximum atomic E-state index is 12.4. The highest BCUT2D eigenvalue weighted by molar-refractivity contribution is 5.99. The Hall–Kier alpha value is -3.35. The van der Waals surface area contributed by atoms with E-state index in [-0.39, 0.29) is 31.3 Å². The normalized spacial score (nSPS) is 12.8. The second-order valence-electron chi connectivity index (χ2n) is 6.38. The molecule has 0 aromatic heterocycles. The standard InChI is InChI=1S/C21H22N2O5/c1-27-21(26)10-9-19(24)22-16-7-8-18-17(13-16)23(20(25)14-28-18)12-11-15-5-3-2-4-6-15/h2-8,13H,9-12,14H2,1H3,(H,22,24). The van der Waals surface area contributed by atoms with Crippen molar-refractivity contribution < 1.29 is 23.9 Å². The summed E-state index contributed by atoms with van der Waals surface area (Å²) in [5.74, 6) is -0.270. The largest absolute Gasteiger partial charge is 0.482 e. The van der Waals surface area contributed by atoms with E-state index in [9.17, 15) is 14.4 Å². The van der Waals surface area contributed by atoms with Gasteiger partial charge in [-0.25, -0.2) is 0 Å². The van der Waals surface area contributed by atoms with Crippen LogP contribution in [0.25, 0.3) is 0 Å². The van der Waals surface area contributed by atoms with E-state index < -0.39 is 5.97 Å². The summed E-state index contributed by atoms with van der Waals surface area (Å²) in [5.41, 5.74) is 2.30. The van der Waals surface area contributed by atoms with Crippen molar-refractivity contribution in [3.8, 4) is 5.75 Å². The third kappa shape index (κ3) is 4.88. The number of nitrogens with zero attached hydrogens (tertiary/aromatic N) is 1. The highest BCUT2D eigenvalue weighted by Gasteiger charge is 2.25. The monoisotopic (exact) mass is 382 g/mol. The van der Waals surface area contributed by atoms with Gasteiger partial charge in [-0.05, 0) is 30.2 Å². The first-order chi connectivity index (χ1) is 13.6. The number of ether oxygens (including phenoxy) is 2. The smallest absolute Gasteiger partial charge is 0.306 e. The zero-order valence-corrected chi connectivity index (χ0v) is 15.6. The minimum absolute atomic E-state index is 0.00732. The molecule has 0 bridgehead atoms. The summed E-state index contributed by atoms with van der Waals surface area (Å²) in [6.07, 6.45) is 0.747. The molecule has 0 spiro atoms. The van der Waals surface area contributed by atoms with Crippen molar-refractivity contribution in [1.82, 2.24) is 0 Å². The molecule has 3 rings (SSSR count). The molecule has 2 amide bonds. The molecule has 0 atom stereocenters. The second-order valence-corrected chi connectivity index (χ2v) is 6.38. The first kappa shape index (κ1) is 19.4. The van der Waals surface area contributed by atoms with Gasteiger partial charge in [0.2, 0.25) is 5.91 Å². The summed E-state index contributed by atoms with van der Waals surface area (Å²) in [5, 5.41) is 2.74. The van der Waals surface area contributed by atoms with Crippen LogP contribution in [0.2, 0.25) is 0 Å². The summed E-state index contributed by atoms with van der Waals surface area (Å²) >= 11 is 0. The number of carbonyl (C=O) groups excluding carboxylic acids is 3. The van der Waals surface area contributed by atoms with Gasteiger partial charge in [-0.1, -0.05) is 30.3 Å². The molecular weight excluding hydrogens is 360 g/mol. The van der Waals surface area contributed by atoms with E-state index in [1.807, 2.05) is 30.3 Å². The van der Waals surface area contributed by atoms with Gasteiger partial charge in [-0.15, -0.1) is 0 Å². The van der Waals surface area contributed by atoms with Gasteiger partial charge in [-0.2, -0.15) is 0 Å². The number of hydrogen-bond donors (Lipinski definition) is 1. The van der Waals surface area contributed by atoms with Crippen molar-refractivity contribution in [2.24, 2.45) is 0 Å². The Morgan fingerprint density at radius 1 is 1.14 bits per heavy atom. The van der Waals surface area contributed by atoms with Crippen LogP contribution in [0.1, 0.15) is 18.4 Å². The van der Waals surface area contributed by atoms with Gasteiger partial charge in [0.25, 0.3) is 5.91 Å². The van der Waals surface area contributed by atoms with E-state index in [1.54, 1.807) is 23.1 Å². The molecule has 2 aromatic rings. The predicted octanol–water partition coefficient (Wildman–Crippen LogP) is 2.55. The Morgan fingerprint density at radius 3 is 2.68 bits per heavy atom. The van der Waals surface area contributed by atoms with E-state index >= 15 is 0 Å². The lowest BCUT2D eigenvalue weighted by Crippen LogP contribution is -2.40. The topological polar surface area (TPSA) is 84.9 Å². The quantitative estimate of drug-likeness (QED) is 0.744. The number of methoxy groups -OCH3 is 1. The Labute approximate surface area is 163 Å². The van der Waals surface area contributed by atoms with Crippen molar-refractivity contribution in [2.45, 2.75) is 19.3 Å². The molecule has 0 unspecified atom stereocenters. The highest BCUT2D eigenvalue weighted by atomic mass is 16.5. The number of fused-ring (bicyclic) bond motifs is 1. The number of amides is 2. The summed E-state index contributed by atoms with van der Waals surface area (Å²) in [7, 11) is 1.28. The zero-order valence-electron chi connectivity index (χ0n) is 15.6. The van der Waals surface area contributed by atoms with Gasteiger partial charge in [0.05, 0.1) is 19.2 Å². The highest BCUT2D eigenvalue weighted by Crippen LogP contribution is 2.34. The minimum atomic E-state index is -0.438. The summed E-state index contributed by atoms with van der Waals surface area (Å²) in [6, 6.07) is 15.1. The molecule has 2 aromatic carbocycles. The minimum Gasteiger partial charge on any atom is -0.482 e. The van der Waals surface area contributed by atoms with Crippen molar-refractivity contribution in [3.63, 3.8) is 0 Å². The number of nitrogens with one attached hydrogen (secondary N) is 1. The Morgan fingerprint density at radius 2 is 1.93 bits per heavy atom. The van der Waals surface area contributed by atoms with Crippen molar-refractivity contribution in [2.75, 3.05) is 30.5 Å².